The number of nitrogens with zero attached hydrogens (tertiary/aromatic N) is 4. The summed E-state index contributed by atoms with van der Waals surface area (Å²) in [5.74, 6) is -0.561. The number of allylic oxidation sites excluding steroid dienone is 2. The Morgan fingerprint density at radius 2 is 1.84 bits per heavy atom. The van der Waals surface area contributed by atoms with Gasteiger partial charge in [0.05, 0.1) is 30.5 Å². The van der Waals surface area contributed by atoms with Gasteiger partial charge in [0.1, 0.15) is 11.8 Å². The molecule has 1 aliphatic heterocycles. The number of methoxy groups -OCH3 is 1. The summed E-state index contributed by atoms with van der Waals surface area (Å²) >= 11 is 0. The molecule has 0 saturated carbocycles. The molecule has 2 aromatic carbocycles. The first-order valence-corrected chi connectivity index (χ1v) is 10.2. The maximum atomic E-state index is 12.2. The topological polar surface area (TPSA) is 127 Å². The fourth-order valence-electron chi connectivity index (χ4n) is 5.02. The normalized spacial score (nSPS) is 21.6. The molecule has 7 heteroatoms. The molecule has 0 fully saturated rings. The summed E-state index contributed by atoms with van der Waals surface area (Å²) < 4.78 is 5.51. The highest BCUT2D eigenvalue weighted by Gasteiger charge is 2.55. The molecule has 1 heterocycles. The zero-order valence-corrected chi connectivity index (χ0v) is 17.8. The highest BCUT2D eigenvalue weighted by molar-refractivity contribution is 5.92. The molecule has 4 rings (SSSR count). The van der Waals surface area contributed by atoms with Crippen LogP contribution in [0.15, 0.2) is 59.3 Å². The fraction of sp³-hybridized carbons (Fsp3) is 0.280. The van der Waals surface area contributed by atoms with E-state index in [4.69, 9.17) is 10.5 Å². The summed E-state index contributed by atoms with van der Waals surface area (Å²) in [7, 11) is 1.59. The van der Waals surface area contributed by atoms with E-state index >= 15 is 0 Å². The van der Waals surface area contributed by atoms with Crippen LogP contribution < -0.4 is 10.5 Å². The molecule has 0 saturated heterocycles. The molecule has 2 aliphatic rings. The molecule has 32 heavy (non-hydrogen) atoms. The predicted molar refractivity (Wildman–Crippen MR) is 118 cm³/mol. The molecule has 2 N–H and O–H groups in total. The van der Waals surface area contributed by atoms with E-state index in [0.29, 0.717) is 17.9 Å². The van der Waals surface area contributed by atoms with Gasteiger partial charge in [-0.2, -0.15) is 15.8 Å². The van der Waals surface area contributed by atoms with E-state index in [1.165, 1.54) is 6.92 Å². The quantitative estimate of drug-likeness (QED) is 0.791. The van der Waals surface area contributed by atoms with Crippen LogP contribution >= 0.6 is 0 Å². The van der Waals surface area contributed by atoms with Gasteiger partial charge in [0.2, 0.25) is 5.91 Å². The summed E-state index contributed by atoms with van der Waals surface area (Å²) in [5, 5.41) is 32.1. The molecule has 0 aromatic heterocycles. The lowest BCUT2D eigenvalue weighted by Gasteiger charge is -2.45. The molecule has 2 aromatic rings. The number of ether oxygens (including phenoxy) is 1. The van der Waals surface area contributed by atoms with Crippen molar-refractivity contribution in [2.75, 3.05) is 20.2 Å². The maximum absolute atomic E-state index is 12.2. The van der Waals surface area contributed by atoms with Gasteiger partial charge in [0.25, 0.3) is 0 Å². The third-order valence-corrected chi connectivity index (χ3v) is 6.58. The second kappa shape index (κ2) is 7.76. The van der Waals surface area contributed by atoms with E-state index in [1.54, 1.807) is 12.0 Å². The Morgan fingerprint density at radius 1 is 1.16 bits per heavy atom. The van der Waals surface area contributed by atoms with Crippen LogP contribution in [0.4, 0.5) is 0 Å². The highest BCUT2D eigenvalue weighted by atomic mass is 16.5. The van der Waals surface area contributed by atoms with E-state index in [9.17, 15) is 20.6 Å². The van der Waals surface area contributed by atoms with Crippen molar-refractivity contribution in [1.29, 1.82) is 15.8 Å². The van der Waals surface area contributed by atoms with Crippen LogP contribution in [0.2, 0.25) is 0 Å². The SMILES string of the molecule is COc1ccc([C@H]2[C@@H]3CN(C(C)=O)CC=C3C(C#N)=C(N)C2(C#N)C#N)c2ccccc12. The van der Waals surface area contributed by atoms with Crippen LogP contribution in [-0.4, -0.2) is 31.0 Å². The smallest absolute Gasteiger partial charge is 0.219 e. The Bertz CT molecular complexity index is 1300. The summed E-state index contributed by atoms with van der Waals surface area (Å²) in [4.78, 5) is 13.8. The Morgan fingerprint density at radius 3 is 2.44 bits per heavy atom. The van der Waals surface area contributed by atoms with Crippen LogP contribution in [-0.2, 0) is 4.79 Å². The number of nitrogens with two attached hydrogens (primary N) is 1. The molecule has 0 radical (unpaired) electrons. The van der Waals surface area contributed by atoms with Crippen molar-refractivity contribution in [1.82, 2.24) is 4.90 Å². The van der Waals surface area contributed by atoms with E-state index in [2.05, 4.69) is 18.2 Å². The van der Waals surface area contributed by atoms with Crippen LogP contribution in [0.3, 0.4) is 0 Å². The predicted octanol–water partition coefficient (Wildman–Crippen LogP) is 3.12. The molecule has 158 valence electrons. The third kappa shape index (κ3) is 2.82. The van der Waals surface area contributed by atoms with Crippen molar-refractivity contribution in [3.05, 3.63) is 64.9 Å². The first-order valence-electron chi connectivity index (χ1n) is 10.2. The molecular formula is C25H21N5O2. The lowest BCUT2D eigenvalue weighted by atomic mass is 9.57. The summed E-state index contributed by atoms with van der Waals surface area (Å²) in [5.41, 5.74) is 6.20. The lowest BCUT2D eigenvalue weighted by Crippen LogP contribution is -2.49. The van der Waals surface area contributed by atoms with Gasteiger partial charge in [-0.25, -0.2) is 0 Å². The number of rotatable bonds is 2. The van der Waals surface area contributed by atoms with Gasteiger partial charge in [-0.3, -0.25) is 4.79 Å². The average Bonchev–Trinajstić information content (AvgIpc) is 2.82. The van der Waals surface area contributed by atoms with Crippen molar-refractivity contribution in [2.45, 2.75) is 12.8 Å². The minimum atomic E-state index is -1.76. The zero-order chi connectivity index (χ0) is 23.0. The lowest BCUT2D eigenvalue weighted by molar-refractivity contribution is -0.129. The van der Waals surface area contributed by atoms with Gasteiger partial charge < -0.3 is 15.4 Å². The largest absolute Gasteiger partial charge is 0.496 e. The Balaban J connectivity index is 2.08. The number of hydrogen-bond donors (Lipinski definition) is 1. The molecular weight excluding hydrogens is 402 g/mol. The van der Waals surface area contributed by atoms with Crippen molar-refractivity contribution in [3.63, 3.8) is 0 Å². The molecule has 7 nitrogen and oxygen atoms in total. The molecule has 0 unspecified atom stereocenters. The first kappa shape index (κ1) is 21.0. The summed E-state index contributed by atoms with van der Waals surface area (Å²) in [6.45, 7) is 2.12. The molecule has 0 spiro atoms. The van der Waals surface area contributed by atoms with Gasteiger partial charge in [-0.05, 0) is 22.6 Å². The molecule has 2 atom stereocenters. The average molecular weight is 423 g/mol. The van der Waals surface area contributed by atoms with Crippen LogP contribution in [0.5, 0.6) is 5.75 Å². The van der Waals surface area contributed by atoms with E-state index in [0.717, 1.165) is 16.3 Å². The second-order valence-corrected chi connectivity index (χ2v) is 8.00. The fourth-order valence-corrected chi connectivity index (χ4v) is 5.02. The van der Waals surface area contributed by atoms with E-state index < -0.39 is 17.3 Å². The molecule has 0 bridgehead atoms. The number of carbonyl (C=O) groups is 1. The van der Waals surface area contributed by atoms with Crippen molar-refractivity contribution in [2.24, 2.45) is 17.1 Å². The van der Waals surface area contributed by atoms with Crippen LogP contribution in [0.1, 0.15) is 18.4 Å². The number of hydrogen-bond acceptors (Lipinski definition) is 6. The van der Waals surface area contributed by atoms with Crippen LogP contribution in [0, 0.1) is 45.3 Å². The Kier molecular flexibility index (Phi) is 5.09. The van der Waals surface area contributed by atoms with Gasteiger partial charge in [0, 0.05) is 37.2 Å². The maximum Gasteiger partial charge on any atom is 0.219 e. The minimum Gasteiger partial charge on any atom is -0.496 e. The van der Waals surface area contributed by atoms with E-state index in [1.807, 2.05) is 42.5 Å². The van der Waals surface area contributed by atoms with Gasteiger partial charge in [-0.1, -0.05) is 36.4 Å². The first-order chi connectivity index (χ1) is 15.4. The number of carbonyl (C=O) groups excluding carboxylic acids is 1. The number of fused-ring (bicyclic) bond motifs is 2. The minimum absolute atomic E-state index is 0.0336. The number of benzene rings is 2. The van der Waals surface area contributed by atoms with Crippen molar-refractivity contribution < 1.29 is 9.53 Å². The number of amides is 1. The Labute approximate surface area is 186 Å². The van der Waals surface area contributed by atoms with Crippen molar-refractivity contribution in [3.8, 4) is 24.0 Å². The highest BCUT2D eigenvalue weighted by Crippen LogP contribution is 2.55. The van der Waals surface area contributed by atoms with Crippen LogP contribution in [0.25, 0.3) is 10.8 Å². The summed E-state index contributed by atoms with van der Waals surface area (Å²) in [6, 6.07) is 17.7. The molecule has 1 amide bonds. The Hall–Kier alpha value is -4.28. The van der Waals surface area contributed by atoms with Crippen molar-refractivity contribution >= 4 is 16.7 Å². The van der Waals surface area contributed by atoms with Gasteiger partial charge in [0.15, 0.2) is 5.41 Å². The zero-order valence-electron chi connectivity index (χ0n) is 17.8. The van der Waals surface area contributed by atoms with E-state index in [-0.39, 0.29) is 23.7 Å². The standard InChI is InChI=1S/C25H21N5O2/c1-15(31)30-10-9-17-20(11-26)24(29)25(13-27,14-28)23(21(17)12-30)19-7-8-22(32-2)18-6-4-3-5-16(18)19/h3-9,21,23H,10,12,29H2,1-2H3/t21-,23+/m1/s1. The van der Waals surface area contributed by atoms with Gasteiger partial charge in [-0.15, -0.1) is 0 Å². The molecule has 1 aliphatic carbocycles. The number of nitriles is 3. The summed E-state index contributed by atoms with van der Waals surface area (Å²) in [6.07, 6.45) is 1.82. The monoisotopic (exact) mass is 423 g/mol. The van der Waals surface area contributed by atoms with Gasteiger partial charge >= 0.3 is 0 Å². The third-order valence-electron chi connectivity index (χ3n) is 6.58. The second-order valence-electron chi connectivity index (χ2n) is 8.00.